The average Bonchev–Trinajstić information content (AvgIpc) is 2.97. The van der Waals surface area contributed by atoms with E-state index in [1.807, 2.05) is 31.2 Å². The highest BCUT2D eigenvalue weighted by atomic mass is 32.2. The Kier molecular flexibility index (Phi) is 3.39. The Balaban J connectivity index is 1.58. The van der Waals surface area contributed by atoms with Gasteiger partial charge in [0.05, 0.1) is 0 Å². The molecule has 2 aromatic rings. The summed E-state index contributed by atoms with van der Waals surface area (Å²) < 4.78 is 2.08. The average molecular weight is 259 g/mol. The maximum atomic E-state index is 4.34. The highest BCUT2D eigenvalue weighted by Gasteiger charge is 2.21. The summed E-state index contributed by atoms with van der Waals surface area (Å²) in [4.78, 5) is 5.77. The molecule has 1 aromatic heterocycles. The number of nitrogens with one attached hydrogen (secondary N) is 1. The fraction of sp³-hybridized carbons (Fsp3) is 0.357. The molecular weight excluding hydrogens is 242 g/mol. The molecule has 1 N–H and O–H groups in total. The zero-order chi connectivity index (χ0) is 12.4. The molecular formula is C14H17N3S. The highest BCUT2D eigenvalue weighted by Crippen LogP contribution is 2.37. The third-order valence-corrected chi connectivity index (χ3v) is 4.54. The van der Waals surface area contributed by atoms with E-state index in [2.05, 4.69) is 39.1 Å². The molecule has 1 aromatic carbocycles. The standard InChI is InChI=1S/C14H17N3S/c1-17-9-8-16-14(17)6-7-15-12-10-18-13-5-3-2-4-11(12)13/h2-5,8-9,12,15H,6-7,10H2,1H3. The summed E-state index contributed by atoms with van der Waals surface area (Å²) >= 11 is 1.94. The molecule has 0 aliphatic carbocycles. The number of hydrogen-bond donors (Lipinski definition) is 1. The van der Waals surface area contributed by atoms with Crippen molar-refractivity contribution in [2.75, 3.05) is 12.3 Å². The van der Waals surface area contributed by atoms with Crippen molar-refractivity contribution in [2.24, 2.45) is 7.05 Å². The summed E-state index contributed by atoms with van der Waals surface area (Å²) in [5.74, 6) is 2.28. The Morgan fingerprint density at radius 2 is 2.33 bits per heavy atom. The van der Waals surface area contributed by atoms with Crippen molar-refractivity contribution < 1.29 is 0 Å². The van der Waals surface area contributed by atoms with Crippen LogP contribution in [-0.4, -0.2) is 21.8 Å². The molecule has 4 heteroatoms. The van der Waals surface area contributed by atoms with E-state index >= 15 is 0 Å². The van der Waals surface area contributed by atoms with Crippen molar-refractivity contribution in [1.82, 2.24) is 14.9 Å². The minimum atomic E-state index is 0.492. The van der Waals surface area contributed by atoms with Crippen LogP contribution in [0.1, 0.15) is 17.4 Å². The first-order valence-corrected chi connectivity index (χ1v) is 7.24. The van der Waals surface area contributed by atoms with E-state index in [9.17, 15) is 0 Å². The van der Waals surface area contributed by atoms with Crippen LogP contribution in [0, 0.1) is 0 Å². The summed E-state index contributed by atoms with van der Waals surface area (Å²) in [5.41, 5.74) is 1.45. The van der Waals surface area contributed by atoms with Crippen LogP contribution >= 0.6 is 11.8 Å². The number of benzene rings is 1. The molecule has 1 aliphatic heterocycles. The number of aromatic nitrogens is 2. The number of rotatable bonds is 4. The summed E-state index contributed by atoms with van der Waals surface area (Å²) in [6, 6.07) is 9.17. The van der Waals surface area contributed by atoms with Crippen LogP contribution in [0.5, 0.6) is 0 Å². The number of fused-ring (bicyclic) bond motifs is 1. The highest BCUT2D eigenvalue weighted by molar-refractivity contribution is 7.99. The van der Waals surface area contributed by atoms with Crippen LogP contribution < -0.4 is 5.32 Å². The maximum absolute atomic E-state index is 4.34. The molecule has 0 radical (unpaired) electrons. The second-order valence-electron chi connectivity index (χ2n) is 4.56. The second-order valence-corrected chi connectivity index (χ2v) is 5.62. The molecule has 94 valence electrons. The fourth-order valence-electron chi connectivity index (χ4n) is 2.33. The van der Waals surface area contributed by atoms with Gasteiger partial charge in [0.15, 0.2) is 0 Å². The van der Waals surface area contributed by atoms with Crippen LogP contribution in [0.15, 0.2) is 41.6 Å². The van der Waals surface area contributed by atoms with Gasteiger partial charge in [0.25, 0.3) is 0 Å². The number of imidazole rings is 1. The van der Waals surface area contributed by atoms with Gasteiger partial charge in [-0.25, -0.2) is 4.98 Å². The Morgan fingerprint density at radius 1 is 1.44 bits per heavy atom. The lowest BCUT2D eigenvalue weighted by atomic mass is 10.1. The first-order valence-electron chi connectivity index (χ1n) is 6.26. The van der Waals surface area contributed by atoms with E-state index in [0.29, 0.717) is 6.04 Å². The molecule has 3 rings (SSSR count). The quantitative estimate of drug-likeness (QED) is 0.914. The zero-order valence-electron chi connectivity index (χ0n) is 10.5. The first-order chi connectivity index (χ1) is 8.84. The molecule has 2 heterocycles. The normalized spacial score (nSPS) is 17.9. The van der Waals surface area contributed by atoms with Gasteiger partial charge < -0.3 is 9.88 Å². The molecule has 0 amide bonds. The van der Waals surface area contributed by atoms with Gasteiger partial charge in [0.2, 0.25) is 0 Å². The number of hydrogen-bond acceptors (Lipinski definition) is 3. The molecule has 0 spiro atoms. The summed E-state index contributed by atoms with van der Waals surface area (Å²) in [7, 11) is 2.04. The third kappa shape index (κ3) is 2.31. The number of aryl methyl sites for hydroxylation is 1. The van der Waals surface area contributed by atoms with Crippen molar-refractivity contribution in [3.63, 3.8) is 0 Å². The van der Waals surface area contributed by atoms with Crippen LogP contribution in [-0.2, 0) is 13.5 Å². The zero-order valence-corrected chi connectivity index (χ0v) is 11.3. The van der Waals surface area contributed by atoms with Gasteiger partial charge in [-0.05, 0) is 11.6 Å². The van der Waals surface area contributed by atoms with E-state index in [0.717, 1.165) is 24.5 Å². The van der Waals surface area contributed by atoms with Crippen LogP contribution in [0.4, 0.5) is 0 Å². The molecule has 1 atom stereocenters. The van der Waals surface area contributed by atoms with Crippen molar-refractivity contribution in [3.8, 4) is 0 Å². The molecule has 0 fully saturated rings. The van der Waals surface area contributed by atoms with Gasteiger partial charge in [0.1, 0.15) is 5.82 Å². The smallest absolute Gasteiger partial charge is 0.109 e. The number of nitrogens with zero attached hydrogens (tertiary/aromatic N) is 2. The third-order valence-electron chi connectivity index (χ3n) is 3.36. The van der Waals surface area contributed by atoms with Crippen molar-refractivity contribution >= 4 is 11.8 Å². The number of thioether (sulfide) groups is 1. The van der Waals surface area contributed by atoms with E-state index in [1.54, 1.807) is 0 Å². The minimum Gasteiger partial charge on any atom is -0.338 e. The van der Waals surface area contributed by atoms with E-state index in [4.69, 9.17) is 0 Å². The Morgan fingerprint density at radius 3 is 3.17 bits per heavy atom. The van der Waals surface area contributed by atoms with Crippen LogP contribution in [0.3, 0.4) is 0 Å². The van der Waals surface area contributed by atoms with Crippen LogP contribution in [0.25, 0.3) is 0 Å². The van der Waals surface area contributed by atoms with Crippen molar-refractivity contribution in [2.45, 2.75) is 17.4 Å². The molecule has 0 saturated heterocycles. The summed E-state index contributed by atoms with van der Waals surface area (Å²) in [5, 5.41) is 3.63. The predicted octanol–water partition coefficient (Wildman–Crippen LogP) is 2.40. The SMILES string of the molecule is Cn1ccnc1CCNC1CSc2ccccc21. The van der Waals surface area contributed by atoms with Gasteiger partial charge in [-0.1, -0.05) is 18.2 Å². The topological polar surface area (TPSA) is 29.9 Å². The van der Waals surface area contributed by atoms with Gasteiger partial charge >= 0.3 is 0 Å². The first kappa shape index (κ1) is 11.8. The van der Waals surface area contributed by atoms with Gasteiger partial charge in [-0.3, -0.25) is 0 Å². The monoisotopic (exact) mass is 259 g/mol. The van der Waals surface area contributed by atoms with Gasteiger partial charge in [-0.2, -0.15) is 0 Å². The lowest BCUT2D eigenvalue weighted by Gasteiger charge is -2.12. The lowest BCUT2D eigenvalue weighted by molar-refractivity contribution is 0.573. The summed E-state index contributed by atoms with van der Waals surface area (Å²) in [6.07, 6.45) is 4.83. The second kappa shape index (κ2) is 5.16. The Hall–Kier alpha value is -1.26. The van der Waals surface area contributed by atoms with Crippen LogP contribution in [0.2, 0.25) is 0 Å². The van der Waals surface area contributed by atoms with Gasteiger partial charge in [-0.15, -0.1) is 11.8 Å². The lowest BCUT2D eigenvalue weighted by Crippen LogP contribution is -2.24. The largest absolute Gasteiger partial charge is 0.338 e. The molecule has 0 saturated carbocycles. The molecule has 0 bridgehead atoms. The molecule has 3 nitrogen and oxygen atoms in total. The Bertz CT molecular complexity index is 535. The predicted molar refractivity (Wildman–Crippen MR) is 74.8 cm³/mol. The maximum Gasteiger partial charge on any atom is 0.109 e. The van der Waals surface area contributed by atoms with Crippen molar-refractivity contribution in [3.05, 3.63) is 48.0 Å². The van der Waals surface area contributed by atoms with E-state index in [-0.39, 0.29) is 0 Å². The fourth-order valence-corrected chi connectivity index (χ4v) is 3.52. The van der Waals surface area contributed by atoms with E-state index in [1.165, 1.54) is 10.5 Å². The molecule has 1 unspecified atom stereocenters. The van der Waals surface area contributed by atoms with E-state index < -0.39 is 0 Å². The van der Waals surface area contributed by atoms with Gasteiger partial charge in [0, 0.05) is 49.1 Å². The minimum absolute atomic E-state index is 0.492. The van der Waals surface area contributed by atoms with Crippen molar-refractivity contribution in [1.29, 1.82) is 0 Å². The molecule has 18 heavy (non-hydrogen) atoms. The molecule has 1 aliphatic rings. The Labute approximate surface area is 112 Å². The summed E-state index contributed by atoms with van der Waals surface area (Å²) in [6.45, 7) is 0.977.